The number of ether oxygens (including phenoxy) is 1. The zero-order valence-electron chi connectivity index (χ0n) is 7.82. The molecule has 1 N–H and O–H groups in total. The van der Waals surface area contributed by atoms with E-state index in [0.29, 0.717) is 5.56 Å². The van der Waals surface area contributed by atoms with E-state index in [1.807, 2.05) is 0 Å². The van der Waals surface area contributed by atoms with Gasteiger partial charge in [0.1, 0.15) is 6.61 Å². The van der Waals surface area contributed by atoms with Crippen molar-refractivity contribution < 1.29 is 23.4 Å². The van der Waals surface area contributed by atoms with Crippen molar-refractivity contribution in [2.24, 2.45) is 0 Å². The standard InChI is InChI=1S/C10H10F2O3/c11-9(12)6-15-5-7-3-1-2-4-8(7)10(13)14/h1-4,9H,5-6H2,(H,13,14). The van der Waals surface area contributed by atoms with Gasteiger partial charge in [-0.1, -0.05) is 18.2 Å². The minimum absolute atomic E-state index is 0.0757. The molecule has 0 amide bonds. The molecule has 0 unspecified atom stereocenters. The van der Waals surface area contributed by atoms with Gasteiger partial charge in [0.2, 0.25) is 0 Å². The summed E-state index contributed by atoms with van der Waals surface area (Å²) in [7, 11) is 0. The molecule has 82 valence electrons. The molecule has 0 saturated heterocycles. The molecule has 15 heavy (non-hydrogen) atoms. The van der Waals surface area contributed by atoms with E-state index in [9.17, 15) is 13.6 Å². The number of hydrogen-bond donors (Lipinski definition) is 1. The number of hydrogen-bond acceptors (Lipinski definition) is 2. The van der Waals surface area contributed by atoms with E-state index in [1.54, 1.807) is 12.1 Å². The summed E-state index contributed by atoms with van der Waals surface area (Å²) in [6.45, 7) is -0.805. The van der Waals surface area contributed by atoms with Crippen LogP contribution in [0, 0.1) is 0 Å². The quantitative estimate of drug-likeness (QED) is 0.820. The van der Waals surface area contributed by atoms with Gasteiger partial charge in [0.05, 0.1) is 12.2 Å². The first-order valence-corrected chi connectivity index (χ1v) is 4.28. The number of alkyl halides is 2. The smallest absolute Gasteiger partial charge is 0.336 e. The fourth-order valence-electron chi connectivity index (χ4n) is 1.11. The highest BCUT2D eigenvalue weighted by Gasteiger charge is 2.09. The maximum absolute atomic E-state index is 11.8. The molecule has 0 aliphatic rings. The van der Waals surface area contributed by atoms with E-state index in [-0.39, 0.29) is 12.2 Å². The Labute approximate surface area is 85.3 Å². The molecule has 0 aliphatic carbocycles. The normalized spacial score (nSPS) is 10.6. The van der Waals surface area contributed by atoms with Crippen molar-refractivity contribution in [3.63, 3.8) is 0 Å². The molecular formula is C10H10F2O3. The summed E-state index contributed by atoms with van der Waals surface area (Å²) in [5, 5.41) is 8.77. The predicted molar refractivity (Wildman–Crippen MR) is 49.1 cm³/mol. The van der Waals surface area contributed by atoms with Gasteiger partial charge in [-0.2, -0.15) is 0 Å². The van der Waals surface area contributed by atoms with Crippen LogP contribution in [0.2, 0.25) is 0 Å². The van der Waals surface area contributed by atoms with Gasteiger partial charge in [-0.15, -0.1) is 0 Å². The van der Waals surface area contributed by atoms with E-state index in [1.165, 1.54) is 12.1 Å². The van der Waals surface area contributed by atoms with Crippen LogP contribution in [-0.4, -0.2) is 24.1 Å². The Bertz CT molecular complexity index is 339. The van der Waals surface area contributed by atoms with Crippen LogP contribution in [-0.2, 0) is 11.3 Å². The van der Waals surface area contributed by atoms with Gasteiger partial charge in [0, 0.05) is 0 Å². The van der Waals surface area contributed by atoms with Gasteiger partial charge in [-0.3, -0.25) is 0 Å². The average molecular weight is 216 g/mol. The van der Waals surface area contributed by atoms with Crippen LogP contribution < -0.4 is 0 Å². The van der Waals surface area contributed by atoms with Crippen molar-refractivity contribution in [3.8, 4) is 0 Å². The minimum Gasteiger partial charge on any atom is -0.478 e. The van der Waals surface area contributed by atoms with Gasteiger partial charge >= 0.3 is 5.97 Å². The van der Waals surface area contributed by atoms with Crippen molar-refractivity contribution in [2.75, 3.05) is 6.61 Å². The average Bonchev–Trinajstić information content (AvgIpc) is 2.17. The molecule has 0 radical (unpaired) electrons. The van der Waals surface area contributed by atoms with Crippen LogP contribution in [0.4, 0.5) is 8.78 Å². The molecule has 0 saturated carbocycles. The van der Waals surface area contributed by atoms with E-state index in [2.05, 4.69) is 4.74 Å². The molecule has 1 rings (SSSR count). The number of benzene rings is 1. The van der Waals surface area contributed by atoms with E-state index in [4.69, 9.17) is 5.11 Å². The Hall–Kier alpha value is -1.49. The van der Waals surface area contributed by atoms with Crippen LogP contribution >= 0.6 is 0 Å². The third-order valence-electron chi connectivity index (χ3n) is 1.75. The number of rotatable bonds is 5. The lowest BCUT2D eigenvalue weighted by molar-refractivity contribution is 0.00956. The molecule has 0 aliphatic heterocycles. The maximum atomic E-state index is 11.8. The Morgan fingerprint density at radius 3 is 2.67 bits per heavy atom. The fourth-order valence-corrected chi connectivity index (χ4v) is 1.11. The van der Waals surface area contributed by atoms with Gasteiger partial charge in [-0.25, -0.2) is 13.6 Å². The van der Waals surface area contributed by atoms with E-state index < -0.39 is 19.0 Å². The zero-order chi connectivity index (χ0) is 11.3. The molecule has 0 heterocycles. The van der Waals surface area contributed by atoms with Crippen LogP contribution in [0.1, 0.15) is 15.9 Å². The van der Waals surface area contributed by atoms with Gasteiger partial charge in [0.25, 0.3) is 6.43 Å². The van der Waals surface area contributed by atoms with Crippen molar-refractivity contribution in [3.05, 3.63) is 35.4 Å². The number of carboxylic acids is 1. The summed E-state index contributed by atoms with van der Waals surface area (Å²) in [6.07, 6.45) is -2.54. The number of aromatic carboxylic acids is 1. The lowest BCUT2D eigenvalue weighted by Crippen LogP contribution is -2.07. The van der Waals surface area contributed by atoms with Crippen molar-refractivity contribution in [1.82, 2.24) is 0 Å². The first-order chi connectivity index (χ1) is 7.11. The molecule has 3 nitrogen and oxygen atoms in total. The monoisotopic (exact) mass is 216 g/mol. The second-order valence-electron chi connectivity index (χ2n) is 2.87. The number of carboxylic acid groups (broad SMARTS) is 1. The lowest BCUT2D eigenvalue weighted by Gasteiger charge is -2.06. The topological polar surface area (TPSA) is 46.5 Å². The summed E-state index contributed by atoms with van der Waals surface area (Å²) < 4.78 is 28.2. The van der Waals surface area contributed by atoms with E-state index in [0.717, 1.165) is 0 Å². The Morgan fingerprint density at radius 2 is 2.07 bits per heavy atom. The van der Waals surface area contributed by atoms with Gasteiger partial charge < -0.3 is 9.84 Å². The first kappa shape index (κ1) is 11.6. The summed E-state index contributed by atoms with van der Waals surface area (Å²) >= 11 is 0. The molecule has 0 aromatic heterocycles. The maximum Gasteiger partial charge on any atom is 0.336 e. The predicted octanol–water partition coefficient (Wildman–Crippen LogP) is 2.17. The van der Waals surface area contributed by atoms with Crippen molar-refractivity contribution >= 4 is 5.97 Å². The van der Waals surface area contributed by atoms with Crippen LogP contribution in [0.15, 0.2) is 24.3 Å². The largest absolute Gasteiger partial charge is 0.478 e. The molecule has 1 aromatic carbocycles. The summed E-state index contributed by atoms with van der Waals surface area (Å²) in [6, 6.07) is 6.14. The molecule has 0 spiro atoms. The van der Waals surface area contributed by atoms with Crippen molar-refractivity contribution in [1.29, 1.82) is 0 Å². The zero-order valence-corrected chi connectivity index (χ0v) is 7.82. The highest BCUT2D eigenvalue weighted by molar-refractivity contribution is 5.89. The number of halogens is 2. The summed E-state index contributed by atoms with van der Waals surface area (Å²) in [4.78, 5) is 10.7. The van der Waals surface area contributed by atoms with Gasteiger partial charge in [-0.05, 0) is 11.6 Å². The second kappa shape index (κ2) is 5.41. The SMILES string of the molecule is O=C(O)c1ccccc1COCC(F)F. The molecule has 0 fully saturated rings. The van der Waals surface area contributed by atoms with Crippen molar-refractivity contribution in [2.45, 2.75) is 13.0 Å². The first-order valence-electron chi connectivity index (χ1n) is 4.28. The summed E-state index contributed by atoms with van der Waals surface area (Å²) in [5.41, 5.74) is 0.470. The Morgan fingerprint density at radius 1 is 1.40 bits per heavy atom. The van der Waals surface area contributed by atoms with Crippen LogP contribution in [0.3, 0.4) is 0 Å². The molecule has 0 atom stereocenters. The number of carbonyl (C=O) groups is 1. The Kier molecular flexibility index (Phi) is 4.17. The molecule has 0 bridgehead atoms. The Balaban J connectivity index is 2.63. The van der Waals surface area contributed by atoms with Gasteiger partial charge in [0.15, 0.2) is 0 Å². The van der Waals surface area contributed by atoms with Crippen LogP contribution in [0.5, 0.6) is 0 Å². The molecular weight excluding hydrogens is 206 g/mol. The third-order valence-corrected chi connectivity index (χ3v) is 1.75. The minimum atomic E-state index is -2.54. The highest BCUT2D eigenvalue weighted by Crippen LogP contribution is 2.10. The highest BCUT2D eigenvalue weighted by atomic mass is 19.3. The van der Waals surface area contributed by atoms with Crippen LogP contribution in [0.25, 0.3) is 0 Å². The lowest BCUT2D eigenvalue weighted by atomic mass is 10.1. The molecule has 1 aromatic rings. The molecule has 5 heteroatoms. The summed E-state index contributed by atoms with van der Waals surface area (Å²) in [5.74, 6) is -1.09. The second-order valence-corrected chi connectivity index (χ2v) is 2.87. The fraction of sp³-hybridized carbons (Fsp3) is 0.300. The third kappa shape index (κ3) is 3.63. The van der Waals surface area contributed by atoms with E-state index >= 15 is 0 Å².